The first-order chi connectivity index (χ1) is 10.6. The van der Waals surface area contributed by atoms with Crippen molar-refractivity contribution in [3.8, 4) is 0 Å². The summed E-state index contributed by atoms with van der Waals surface area (Å²) in [5.74, 6) is -0.580. The van der Waals surface area contributed by atoms with Crippen molar-refractivity contribution < 1.29 is 19.1 Å². The second-order valence-electron chi connectivity index (χ2n) is 4.99. The molecule has 1 saturated heterocycles. The molecule has 2 amide bonds. The molecule has 1 fully saturated rings. The van der Waals surface area contributed by atoms with Crippen LogP contribution in [0.1, 0.15) is 12.8 Å². The van der Waals surface area contributed by atoms with Crippen molar-refractivity contribution in [2.75, 3.05) is 31.7 Å². The lowest BCUT2D eigenvalue weighted by Gasteiger charge is -2.11. The van der Waals surface area contributed by atoms with Gasteiger partial charge in [-0.1, -0.05) is 11.6 Å². The Morgan fingerprint density at radius 2 is 1.95 bits per heavy atom. The number of benzene rings is 1. The molecule has 2 N–H and O–H groups in total. The zero-order chi connectivity index (χ0) is 15.8. The third-order valence-electron chi connectivity index (χ3n) is 3.15. The molecule has 1 aliphatic rings. The summed E-state index contributed by atoms with van der Waals surface area (Å²) >= 11 is 5.75. The molecule has 7 heteroatoms. The number of anilines is 1. The van der Waals surface area contributed by atoms with E-state index in [1.165, 1.54) is 0 Å². The van der Waals surface area contributed by atoms with Crippen molar-refractivity contribution in [2.45, 2.75) is 18.9 Å². The second kappa shape index (κ2) is 8.73. The summed E-state index contributed by atoms with van der Waals surface area (Å²) in [6.45, 7) is 0.901. The Kier molecular flexibility index (Phi) is 6.64. The van der Waals surface area contributed by atoms with Gasteiger partial charge in [0.1, 0.15) is 13.2 Å². The van der Waals surface area contributed by atoms with Crippen LogP contribution in [0.4, 0.5) is 5.69 Å². The number of halogens is 1. The van der Waals surface area contributed by atoms with E-state index in [0.29, 0.717) is 17.3 Å². The number of amides is 2. The largest absolute Gasteiger partial charge is 0.376 e. The molecule has 0 radical (unpaired) electrons. The van der Waals surface area contributed by atoms with Crippen LogP contribution in [0, 0.1) is 0 Å². The second-order valence-corrected chi connectivity index (χ2v) is 5.42. The average Bonchev–Trinajstić information content (AvgIpc) is 3.01. The van der Waals surface area contributed by atoms with Gasteiger partial charge in [0, 0.05) is 23.9 Å². The number of ether oxygens (including phenoxy) is 2. The minimum absolute atomic E-state index is 0.0946. The van der Waals surface area contributed by atoms with Crippen LogP contribution in [-0.2, 0) is 19.1 Å². The molecule has 2 rings (SSSR count). The molecule has 6 nitrogen and oxygen atoms in total. The standard InChI is InChI=1S/C15H19ClN2O4/c16-11-3-5-12(6-4-11)18-15(20)10-21-9-14(19)17-8-13-2-1-7-22-13/h3-6,13H,1-2,7-10H2,(H,17,19)(H,18,20)/t13-/m1/s1. The maximum atomic E-state index is 11.6. The highest BCUT2D eigenvalue weighted by Gasteiger charge is 2.16. The highest BCUT2D eigenvalue weighted by molar-refractivity contribution is 6.30. The maximum Gasteiger partial charge on any atom is 0.250 e. The van der Waals surface area contributed by atoms with Gasteiger partial charge in [-0.3, -0.25) is 9.59 Å². The SMILES string of the molecule is O=C(COCC(=O)Nc1ccc(Cl)cc1)NC[C@H]1CCCO1. The third kappa shape index (κ3) is 6.01. The van der Waals surface area contributed by atoms with E-state index in [-0.39, 0.29) is 31.1 Å². The van der Waals surface area contributed by atoms with Crippen molar-refractivity contribution in [1.82, 2.24) is 5.32 Å². The van der Waals surface area contributed by atoms with Crippen LogP contribution >= 0.6 is 11.6 Å². The fourth-order valence-corrected chi connectivity index (χ4v) is 2.18. The molecule has 1 aromatic rings. The van der Waals surface area contributed by atoms with Crippen molar-refractivity contribution in [1.29, 1.82) is 0 Å². The fourth-order valence-electron chi connectivity index (χ4n) is 2.05. The lowest BCUT2D eigenvalue weighted by Crippen LogP contribution is -2.35. The number of carbonyl (C=O) groups is 2. The van der Waals surface area contributed by atoms with Gasteiger partial charge in [-0.05, 0) is 37.1 Å². The Balaban J connectivity index is 1.57. The Bertz CT molecular complexity index is 501. The molecule has 0 aromatic heterocycles. The smallest absolute Gasteiger partial charge is 0.250 e. The van der Waals surface area contributed by atoms with E-state index in [1.807, 2.05) is 0 Å². The van der Waals surface area contributed by atoms with E-state index < -0.39 is 0 Å². The van der Waals surface area contributed by atoms with E-state index >= 15 is 0 Å². The van der Waals surface area contributed by atoms with Gasteiger partial charge in [0.15, 0.2) is 0 Å². The molecule has 0 spiro atoms. The molecular weight excluding hydrogens is 308 g/mol. The quantitative estimate of drug-likeness (QED) is 0.797. The first kappa shape index (κ1) is 16.7. The first-order valence-electron chi connectivity index (χ1n) is 7.15. The summed E-state index contributed by atoms with van der Waals surface area (Å²) in [7, 11) is 0. The summed E-state index contributed by atoms with van der Waals surface area (Å²) < 4.78 is 10.5. The van der Waals surface area contributed by atoms with E-state index in [2.05, 4.69) is 10.6 Å². The zero-order valence-electron chi connectivity index (χ0n) is 12.1. The number of hydrogen-bond acceptors (Lipinski definition) is 4. The first-order valence-corrected chi connectivity index (χ1v) is 7.53. The lowest BCUT2D eigenvalue weighted by molar-refractivity contribution is -0.129. The van der Waals surface area contributed by atoms with Crippen LogP contribution in [0.2, 0.25) is 5.02 Å². The summed E-state index contributed by atoms with van der Waals surface area (Å²) in [5, 5.41) is 5.96. The molecule has 0 unspecified atom stereocenters. The normalized spacial score (nSPS) is 17.2. The van der Waals surface area contributed by atoms with Gasteiger partial charge in [-0.25, -0.2) is 0 Å². The van der Waals surface area contributed by atoms with Crippen LogP contribution in [0.3, 0.4) is 0 Å². The summed E-state index contributed by atoms with van der Waals surface area (Å²) in [6.07, 6.45) is 2.09. The molecule has 1 atom stereocenters. The minimum Gasteiger partial charge on any atom is -0.376 e. The van der Waals surface area contributed by atoms with Gasteiger partial charge in [0.25, 0.3) is 0 Å². The number of nitrogens with one attached hydrogen (secondary N) is 2. The van der Waals surface area contributed by atoms with E-state index in [1.54, 1.807) is 24.3 Å². The molecule has 22 heavy (non-hydrogen) atoms. The molecule has 0 aliphatic carbocycles. The maximum absolute atomic E-state index is 11.6. The Labute approximate surface area is 134 Å². The molecule has 1 heterocycles. The van der Waals surface area contributed by atoms with Crippen molar-refractivity contribution >= 4 is 29.1 Å². The van der Waals surface area contributed by atoms with Gasteiger partial charge in [-0.15, -0.1) is 0 Å². The number of hydrogen-bond donors (Lipinski definition) is 2. The van der Waals surface area contributed by atoms with Gasteiger partial charge < -0.3 is 20.1 Å². The highest BCUT2D eigenvalue weighted by atomic mass is 35.5. The van der Waals surface area contributed by atoms with Gasteiger partial charge in [-0.2, -0.15) is 0 Å². The summed E-state index contributed by atoms with van der Waals surface area (Å²) in [5.41, 5.74) is 0.626. The number of rotatable bonds is 7. The van der Waals surface area contributed by atoms with Crippen LogP contribution < -0.4 is 10.6 Å². The molecular formula is C15H19ClN2O4. The highest BCUT2D eigenvalue weighted by Crippen LogP contribution is 2.13. The zero-order valence-corrected chi connectivity index (χ0v) is 12.9. The fraction of sp³-hybridized carbons (Fsp3) is 0.467. The molecule has 1 aliphatic heterocycles. The van der Waals surface area contributed by atoms with Gasteiger partial charge in [0.2, 0.25) is 11.8 Å². The van der Waals surface area contributed by atoms with E-state index in [4.69, 9.17) is 21.1 Å². The van der Waals surface area contributed by atoms with Gasteiger partial charge >= 0.3 is 0 Å². The lowest BCUT2D eigenvalue weighted by atomic mass is 10.2. The van der Waals surface area contributed by atoms with Crippen LogP contribution in [0.15, 0.2) is 24.3 Å². The Morgan fingerprint density at radius 3 is 2.64 bits per heavy atom. The van der Waals surface area contributed by atoms with Crippen molar-refractivity contribution in [2.24, 2.45) is 0 Å². The van der Waals surface area contributed by atoms with E-state index in [0.717, 1.165) is 19.4 Å². The molecule has 0 saturated carbocycles. The minimum atomic E-state index is -0.325. The summed E-state index contributed by atoms with van der Waals surface area (Å²) in [4.78, 5) is 23.2. The van der Waals surface area contributed by atoms with Crippen molar-refractivity contribution in [3.63, 3.8) is 0 Å². The van der Waals surface area contributed by atoms with Crippen LogP contribution in [-0.4, -0.2) is 44.3 Å². The average molecular weight is 327 g/mol. The predicted octanol–water partition coefficient (Wildman–Crippen LogP) is 1.59. The predicted molar refractivity (Wildman–Crippen MR) is 82.9 cm³/mol. The van der Waals surface area contributed by atoms with Crippen LogP contribution in [0.25, 0.3) is 0 Å². The Morgan fingerprint density at radius 1 is 1.23 bits per heavy atom. The van der Waals surface area contributed by atoms with E-state index in [9.17, 15) is 9.59 Å². The van der Waals surface area contributed by atoms with Crippen LogP contribution in [0.5, 0.6) is 0 Å². The number of carbonyl (C=O) groups excluding carboxylic acids is 2. The Hall–Kier alpha value is -1.63. The monoisotopic (exact) mass is 326 g/mol. The van der Waals surface area contributed by atoms with Crippen molar-refractivity contribution in [3.05, 3.63) is 29.3 Å². The van der Waals surface area contributed by atoms with Gasteiger partial charge in [0.05, 0.1) is 6.10 Å². The third-order valence-corrected chi connectivity index (χ3v) is 3.40. The molecule has 0 bridgehead atoms. The molecule has 1 aromatic carbocycles. The topological polar surface area (TPSA) is 76.7 Å². The summed E-state index contributed by atoms with van der Waals surface area (Å²) in [6, 6.07) is 6.73. The molecule has 120 valence electrons.